The van der Waals surface area contributed by atoms with Gasteiger partial charge in [-0.3, -0.25) is 23.7 Å². The smallest absolute Gasteiger partial charge is 0.330 e. The van der Waals surface area contributed by atoms with Crippen molar-refractivity contribution in [1.82, 2.24) is 14.4 Å². The summed E-state index contributed by atoms with van der Waals surface area (Å²) in [4.78, 5) is 42.1. The molecule has 180 valence electrons. The lowest BCUT2D eigenvalue weighted by Crippen LogP contribution is -2.42. The lowest BCUT2D eigenvalue weighted by molar-refractivity contribution is -0.148. The molecule has 0 amide bonds. The molecule has 15 heteroatoms. The van der Waals surface area contributed by atoms with Gasteiger partial charge >= 0.3 is 17.6 Å². The van der Waals surface area contributed by atoms with Crippen molar-refractivity contribution in [3.63, 3.8) is 0 Å². The van der Waals surface area contributed by atoms with Crippen LogP contribution < -0.4 is 16.1 Å². The fourth-order valence-corrected chi connectivity index (χ4v) is 3.95. The van der Waals surface area contributed by atoms with Gasteiger partial charge in [0.1, 0.15) is 17.9 Å². The fraction of sp³-hybridized carbons (Fsp3) is 0.389. The minimum Gasteiger partial charge on any atom is -0.480 e. The lowest BCUT2D eigenvalue weighted by Gasteiger charge is -2.25. The number of carboxylic acids is 1. The summed E-state index contributed by atoms with van der Waals surface area (Å²) >= 11 is 0. The second-order valence-corrected chi connectivity index (χ2v) is 8.25. The van der Waals surface area contributed by atoms with E-state index in [1.165, 1.54) is 19.1 Å². The number of alkyl halides is 2. The third-order valence-corrected chi connectivity index (χ3v) is 5.94. The molecular formula is C18H20F2N3O9P. The van der Waals surface area contributed by atoms with E-state index >= 15 is 0 Å². The van der Waals surface area contributed by atoms with E-state index in [4.69, 9.17) is 14.1 Å². The molecule has 1 aromatic heterocycles. The highest BCUT2D eigenvalue weighted by Gasteiger charge is 2.59. The number of hydroxylamine groups is 1. The number of rotatable bonds is 9. The van der Waals surface area contributed by atoms with E-state index in [0.717, 1.165) is 12.3 Å². The Bertz CT molecular complexity index is 1130. The maximum atomic E-state index is 14.6. The first-order chi connectivity index (χ1) is 15.5. The molecule has 3 rings (SSSR count). The molecule has 0 radical (unpaired) electrons. The zero-order valence-corrected chi connectivity index (χ0v) is 18.0. The van der Waals surface area contributed by atoms with Crippen LogP contribution in [0.3, 0.4) is 0 Å². The maximum Gasteiger partial charge on any atom is 0.330 e. The molecule has 1 aliphatic rings. The van der Waals surface area contributed by atoms with E-state index in [-0.39, 0.29) is 5.75 Å². The number of halogens is 2. The first kappa shape index (κ1) is 24.7. The van der Waals surface area contributed by atoms with Crippen molar-refractivity contribution in [2.75, 3.05) is 6.61 Å². The zero-order chi connectivity index (χ0) is 24.3. The quantitative estimate of drug-likeness (QED) is 0.335. The molecule has 12 nitrogen and oxygen atoms in total. The van der Waals surface area contributed by atoms with Crippen LogP contribution in [-0.4, -0.2) is 61.3 Å². The fourth-order valence-electron chi connectivity index (χ4n) is 2.90. The summed E-state index contributed by atoms with van der Waals surface area (Å²) in [6, 6.07) is 7.14. The predicted molar refractivity (Wildman–Crippen MR) is 107 cm³/mol. The summed E-state index contributed by atoms with van der Waals surface area (Å²) in [5.74, 6) is -5.22. The van der Waals surface area contributed by atoms with Gasteiger partial charge in [0.05, 0.1) is 6.61 Å². The molecule has 2 heterocycles. The van der Waals surface area contributed by atoms with Gasteiger partial charge < -0.3 is 24.3 Å². The molecule has 1 aromatic carbocycles. The van der Waals surface area contributed by atoms with Crippen LogP contribution in [0.4, 0.5) is 8.78 Å². The van der Waals surface area contributed by atoms with E-state index in [0.29, 0.717) is 9.40 Å². The first-order valence-corrected chi connectivity index (χ1v) is 10.7. The van der Waals surface area contributed by atoms with Crippen LogP contribution in [0, 0.1) is 0 Å². The van der Waals surface area contributed by atoms with E-state index < -0.39 is 62.4 Å². The SMILES string of the molecule is CC(C(=O)O)N(Oc1ccccc1)[PH](=O)OC[C@H]1O[C@@H](n2ccc(=O)[nH]c2=O)C(F)(F)[C@@H]1O. The molecule has 33 heavy (non-hydrogen) atoms. The summed E-state index contributed by atoms with van der Waals surface area (Å²) < 4.78 is 52.3. The number of nitrogens with one attached hydrogen (secondary N) is 1. The summed E-state index contributed by atoms with van der Waals surface area (Å²) in [5, 5.41) is 19.3. The number of aromatic nitrogens is 2. The van der Waals surface area contributed by atoms with Crippen LogP contribution in [0.2, 0.25) is 0 Å². The number of hydrogen-bond acceptors (Lipinski definition) is 8. The van der Waals surface area contributed by atoms with Crippen molar-refractivity contribution in [2.45, 2.75) is 37.3 Å². The van der Waals surface area contributed by atoms with Crippen molar-refractivity contribution in [3.05, 3.63) is 63.4 Å². The number of para-hydroxylation sites is 1. The second-order valence-electron chi connectivity index (χ2n) is 6.98. The third-order valence-electron chi connectivity index (χ3n) is 4.69. The number of H-pyrrole nitrogens is 1. The Labute approximate surface area is 184 Å². The molecule has 1 saturated heterocycles. The highest BCUT2D eigenvalue weighted by Crippen LogP contribution is 2.43. The highest BCUT2D eigenvalue weighted by molar-refractivity contribution is 7.36. The van der Waals surface area contributed by atoms with E-state index in [9.17, 15) is 37.9 Å². The Balaban J connectivity index is 1.74. The summed E-state index contributed by atoms with van der Waals surface area (Å²) in [5.41, 5.74) is -2.00. The Kier molecular flexibility index (Phi) is 7.44. The molecule has 0 saturated carbocycles. The number of aliphatic hydroxyl groups is 1. The summed E-state index contributed by atoms with van der Waals surface area (Å²) in [6.45, 7) is 0.328. The predicted octanol–water partition coefficient (Wildman–Crippen LogP) is 0.606. The molecule has 2 aromatic rings. The van der Waals surface area contributed by atoms with Crippen LogP contribution in [0.5, 0.6) is 5.75 Å². The van der Waals surface area contributed by atoms with Crippen LogP contribution in [0.15, 0.2) is 52.2 Å². The molecule has 1 aliphatic heterocycles. The topological polar surface area (TPSA) is 160 Å². The molecule has 3 N–H and O–H groups in total. The van der Waals surface area contributed by atoms with E-state index in [2.05, 4.69) is 0 Å². The van der Waals surface area contributed by atoms with Crippen molar-refractivity contribution in [1.29, 1.82) is 0 Å². The van der Waals surface area contributed by atoms with Crippen molar-refractivity contribution in [2.24, 2.45) is 0 Å². The first-order valence-electron chi connectivity index (χ1n) is 9.47. The minimum absolute atomic E-state index is 0.147. The number of aliphatic hydroxyl groups excluding tert-OH is 1. The Morgan fingerprint density at radius 1 is 1.33 bits per heavy atom. The monoisotopic (exact) mass is 491 g/mol. The largest absolute Gasteiger partial charge is 0.480 e. The normalized spacial score (nSPS) is 23.8. The minimum atomic E-state index is -3.97. The molecular weight excluding hydrogens is 471 g/mol. The Hall–Kier alpha value is -2.90. The number of carbonyl (C=O) groups is 1. The standard InChI is InChI=1S/C18H20F2N3O9P/c1-10(15(26)27)23(32-11-5-3-2-4-6-11)33(29)30-9-12-14(25)18(19,20)16(31-12)22-8-7-13(24)21-17(22)28/h2-8,10,12,14,16,25,33H,9H2,1H3,(H,26,27)(H,21,24,28)/t10?,12-,14-,16-/m1/s1. The zero-order valence-electron chi connectivity index (χ0n) is 17.0. The van der Waals surface area contributed by atoms with Crippen LogP contribution >= 0.6 is 8.18 Å². The van der Waals surface area contributed by atoms with Gasteiger partial charge in [0.15, 0.2) is 6.10 Å². The van der Waals surface area contributed by atoms with E-state index in [1.54, 1.807) is 23.2 Å². The molecule has 2 unspecified atom stereocenters. The molecule has 0 bridgehead atoms. The number of nitrogens with zero attached hydrogens (tertiary/aromatic N) is 2. The average molecular weight is 491 g/mol. The summed E-state index contributed by atoms with van der Waals surface area (Å²) in [7, 11) is -3.48. The van der Waals surface area contributed by atoms with Crippen LogP contribution in [0.1, 0.15) is 13.2 Å². The number of benzene rings is 1. The molecule has 5 atom stereocenters. The lowest BCUT2D eigenvalue weighted by atomic mass is 10.1. The number of hydrogen-bond donors (Lipinski definition) is 3. The van der Waals surface area contributed by atoms with Crippen molar-refractivity contribution < 1.29 is 42.5 Å². The van der Waals surface area contributed by atoms with Gasteiger partial charge in [-0.1, -0.05) is 23.0 Å². The van der Waals surface area contributed by atoms with Crippen LogP contribution in [-0.2, 0) is 18.6 Å². The van der Waals surface area contributed by atoms with Gasteiger partial charge in [-0.2, -0.15) is 8.78 Å². The summed E-state index contributed by atoms with van der Waals surface area (Å²) in [6.07, 6.45) is -5.70. The van der Waals surface area contributed by atoms with Gasteiger partial charge in [0, 0.05) is 12.3 Å². The van der Waals surface area contributed by atoms with E-state index in [1.807, 2.05) is 0 Å². The highest BCUT2D eigenvalue weighted by atomic mass is 31.1. The molecule has 1 fully saturated rings. The average Bonchev–Trinajstić information content (AvgIpc) is 2.99. The second kappa shape index (κ2) is 9.93. The molecule has 0 aliphatic carbocycles. The molecule has 0 spiro atoms. The third kappa shape index (κ3) is 5.37. The van der Waals surface area contributed by atoms with Gasteiger partial charge in [0.2, 0.25) is 6.23 Å². The number of aliphatic carboxylic acids is 1. The number of aromatic amines is 1. The van der Waals surface area contributed by atoms with Gasteiger partial charge in [0.25, 0.3) is 13.7 Å². The van der Waals surface area contributed by atoms with Crippen LogP contribution in [0.25, 0.3) is 0 Å². The van der Waals surface area contributed by atoms with Gasteiger partial charge in [-0.25, -0.2) is 4.79 Å². The van der Waals surface area contributed by atoms with Gasteiger partial charge in [-0.05, 0) is 19.1 Å². The van der Waals surface area contributed by atoms with Crippen molar-refractivity contribution >= 4 is 14.1 Å². The Morgan fingerprint density at radius 3 is 2.61 bits per heavy atom. The Morgan fingerprint density at radius 2 is 2.00 bits per heavy atom. The number of ether oxygens (including phenoxy) is 1. The number of carboxylic acid groups (broad SMARTS) is 1. The van der Waals surface area contributed by atoms with Crippen molar-refractivity contribution in [3.8, 4) is 5.75 Å². The van der Waals surface area contributed by atoms with Gasteiger partial charge in [-0.15, -0.1) is 0 Å². The maximum absolute atomic E-state index is 14.6.